The van der Waals surface area contributed by atoms with Crippen molar-refractivity contribution >= 4 is 15.8 Å². The van der Waals surface area contributed by atoms with Crippen molar-refractivity contribution in [3.8, 4) is 0 Å². The number of hydrogen-bond donors (Lipinski definition) is 2. The summed E-state index contributed by atoms with van der Waals surface area (Å²) >= 11 is 0. The van der Waals surface area contributed by atoms with Gasteiger partial charge in [-0.1, -0.05) is 24.3 Å². The van der Waals surface area contributed by atoms with Crippen molar-refractivity contribution in [2.45, 2.75) is 18.0 Å². The minimum absolute atomic E-state index is 0.135. The molecule has 0 aliphatic rings. The number of hydrogen-bond acceptors (Lipinski definition) is 6. The molecule has 3 rings (SSSR count). The lowest BCUT2D eigenvalue weighted by Gasteiger charge is -2.09. The van der Waals surface area contributed by atoms with Gasteiger partial charge in [0.15, 0.2) is 0 Å². The highest BCUT2D eigenvalue weighted by Crippen LogP contribution is 2.12. The molecule has 0 saturated heterocycles. The lowest BCUT2D eigenvalue weighted by molar-refractivity contribution is 0.588. The summed E-state index contributed by atoms with van der Waals surface area (Å²) in [5, 5.41) is 7.28. The molecule has 0 unspecified atom stereocenters. The van der Waals surface area contributed by atoms with Crippen LogP contribution in [0.3, 0.4) is 0 Å². The van der Waals surface area contributed by atoms with Crippen LogP contribution in [0.2, 0.25) is 0 Å². The average molecular weight is 358 g/mol. The van der Waals surface area contributed by atoms with E-state index in [4.69, 9.17) is 0 Å². The van der Waals surface area contributed by atoms with Crippen LogP contribution in [0.1, 0.15) is 11.1 Å². The monoisotopic (exact) mass is 358 g/mol. The van der Waals surface area contributed by atoms with Crippen molar-refractivity contribution in [1.29, 1.82) is 0 Å². The minimum Gasteiger partial charge on any atom is -0.366 e. The van der Waals surface area contributed by atoms with E-state index >= 15 is 0 Å². The van der Waals surface area contributed by atoms with Gasteiger partial charge in [0, 0.05) is 12.7 Å². The van der Waals surface area contributed by atoms with Crippen molar-refractivity contribution < 1.29 is 8.42 Å². The van der Waals surface area contributed by atoms with E-state index < -0.39 is 10.0 Å². The van der Waals surface area contributed by atoms with Crippen LogP contribution in [0.5, 0.6) is 0 Å². The maximum absolute atomic E-state index is 11.7. The van der Waals surface area contributed by atoms with Crippen LogP contribution < -0.4 is 10.0 Å². The van der Waals surface area contributed by atoms with Gasteiger partial charge in [0.1, 0.15) is 23.4 Å². The number of nitrogens with one attached hydrogen (secondary N) is 2. The third-order valence-corrected chi connectivity index (χ3v) is 4.99. The number of aromatic nitrogens is 4. The average Bonchev–Trinajstić information content (AvgIpc) is 3.14. The fourth-order valence-corrected chi connectivity index (χ4v) is 2.97. The van der Waals surface area contributed by atoms with E-state index in [0.717, 1.165) is 11.1 Å². The number of rotatable bonds is 7. The molecule has 0 aliphatic carbocycles. The summed E-state index contributed by atoms with van der Waals surface area (Å²) in [4.78, 5) is 8.20. The summed E-state index contributed by atoms with van der Waals surface area (Å²) in [5.41, 5.74) is 2.21. The number of sulfonamides is 1. The Labute approximate surface area is 146 Å². The Morgan fingerprint density at radius 3 is 2.68 bits per heavy atom. The first-order valence-electron chi connectivity index (χ1n) is 7.60. The van der Waals surface area contributed by atoms with E-state index in [-0.39, 0.29) is 4.90 Å². The van der Waals surface area contributed by atoms with Crippen LogP contribution in [-0.2, 0) is 23.1 Å². The van der Waals surface area contributed by atoms with E-state index in [0.29, 0.717) is 18.9 Å². The molecule has 0 aliphatic heterocycles. The van der Waals surface area contributed by atoms with E-state index in [2.05, 4.69) is 31.2 Å². The minimum atomic E-state index is -3.47. The van der Waals surface area contributed by atoms with Crippen LogP contribution >= 0.6 is 0 Å². The van der Waals surface area contributed by atoms with Gasteiger partial charge in [-0.3, -0.25) is 0 Å². The predicted molar refractivity (Wildman–Crippen MR) is 93.4 cm³/mol. The van der Waals surface area contributed by atoms with Gasteiger partial charge in [-0.05, 0) is 30.3 Å². The Morgan fingerprint density at radius 2 is 2.00 bits per heavy atom. The Hall–Kier alpha value is -2.78. The van der Waals surface area contributed by atoms with Crippen molar-refractivity contribution in [3.05, 3.63) is 66.4 Å². The van der Waals surface area contributed by atoms with E-state index in [1.165, 1.54) is 25.6 Å². The molecule has 0 spiro atoms. The molecule has 0 bridgehead atoms. The second-order valence-corrected chi connectivity index (χ2v) is 7.24. The number of benzene rings is 1. The maximum Gasteiger partial charge on any atom is 0.241 e. The molecule has 0 atom stereocenters. The number of anilines is 1. The molecule has 130 valence electrons. The van der Waals surface area contributed by atoms with Crippen molar-refractivity contribution in [3.63, 3.8) is 0 Å². The van der Waals surface area contributed by atoms with Gasteiger partial charge in [0.2, 0.25) is 10.0 Å². The molecule has 1 aromatic carbocycles. The molecule has 0 saturated carbocycles. The molecule has 0 radical (unpaired) electrons. The zero-order valence-electron chi connectivity index (χ0n) is 13.6. The Bertz CT molecular complexity index is 924. The first-order chi connectivity index (χ1) is 12.1. The van der Waals surface area contributed by atoms with Crippen LogP contribution in [0.25, 0.3) is 0 Å². The number of pyridine rings is 1. The molecule has 0 amide bonds. The van der Waals surface area contributed by atoms with Crippen LogP contribution in [-0.4, -0.2) is 35.2 Å². The normalized spacial score (nSPS) is 11.4. The second kappa shape index (κ2) is 7.41. The fourth-order valence-electron chi connectivity index (χ4n) is 2.29. The second-order valence-electron chi connectivity index (χ2n) is 5.35. The molecule has 0 fully saturated rings. The van der Waals surface area contributed by atoms with E-state index in [9.17, 15) is 8.42 Å². The molecular weight excluding hydrogens is 340 g/mol. The van der Waals surface area contributed by atoms with Gasteiger partial charge < -0.3 is 5.32 Å². The highest BCUT2D eigenvalue weighted by atomic mass is 32.2. The van der Waals surface area contributed by atoms with Crippen molar-refractivity contribution in [1.82, 2.24) is 24.5 Å². The molecule has 8 nitrogen and oxygen atoms in total. The fraction of sp³-hybridized carbons (Fsp3) is 0.188. The summed E-state index contributed by atoms with van der Waals surface area (Å²) < 4.78 is 27.4. The standard InChI is InChI=1S/C16H18N6O2S/c1-17-25(23,24)15-5-6-16(20-9-15)19-8-13-3-2-4-14(7-13)10-22-12-18-11-21-22/h2-7,9,11-12,17H,8,10H2,1H3,(H,19,20). The molecular formula is C16H18N6O2S. The third-order valence-electron chi connectivity index (χ3n) is 3.59. The lowest BCUT2D eigenvalue weighted by atomic mass is 10.1. The Balaban J connectivity index is 1.63. The van der Waals surface area contributed by atoms with Crippen LogP contribution in [0, 0.1) is 0 Å². The molecule has 25 heavy (non-hydrogen) atoms. The van der Waals surface area contributed by atoms with E-state index in [1.54, 1.807) is 17.1 Å². The maximum atomic E-state index is 11.7. The van der Waals surface area contributed by atoms with Gasteiger partial charge in [-0.25, -0.2) is 27.8 Å². The highest BCUT2D eigenvalue weighted by Gasteiger charge is 2.11. The summed E-state index contributed by atoms with van der Waals surface area (Å²) in [6, 6.07) is 11.3. The van der Waals surface area contributed by atoms with Crippen LogP contribution in [0.4, 0.5) is 5.82 Å². The Morgan fingerprint density at radius 1 is 1.16 bits per heavy atom. The summed E-state index contributed by atoms with van der Waals surface area (Å²) in [7, 11) is -2.10. The Kier molecular flexibility index (Phi) is 5.05. The summed E-state index contributed by atoms with van der Waals surface area (Å²) in [6.45, 7) is 1.24. The van der Waals surface area contributed by atoms with Crippen molar-refractivity contribution in [2.75, 3.05) is 12.4 Å². The first kappa shape index (κ1) is 17.1. The van der Waals surface area contributed by atoms with Crippen LogP contribution in [0.15, 0.2) is 60.1 Å². The van der Waals surface area contributed by atoms with Gasteiger partial charge >= 0.3 is 0 Å². The lowest BCUT2D eigenvalue weighted by Crippen LogP contribution is -2.18. The molecule has 2 heterocycles. The summed E-state index contributed by atoms with van der Waals surface area (Å²) in [5.74, 6) is 0.608. The molecule has 2 aromatic heterocycles. The topological polar surface area (TPSA) is 102 Å². The van der Waals surface area contributed by atoms with Gasteiger partial charge in [-0.15, -0.1) is 0 Å². The quantitative estimate of drug-likeness (QED) is 0.659. The third kappa shape index (κ3) is 4.40. The zero-order valence-corrected chi connectivity index (χ0v) is 14.4. The molecule has 2 N–H and O–H groups in total. The van der Waals surface area contributed by atoms with E-state index in [1.807, 2.05) is 18.2 Å². The summed E-state index contributed by atoms with van der Waals surface area (Å²) in [6.07, 6.45) is 4.51. The smallest absolute Gasteiger partial charge is 0.241 e. The first-order valence-corrected chi connectivity index (χ1v) is 9.09. The van der Waals surface area contributed by atoms with Gasteiger partial charge in [0.05, 0.1) is 6.54 Å². The highest BCUT2D eigenvalue weighted by molar-refractivity contribution is 7.89. The molecule has 9 heteroatoms. The van der Waals surface area contributed by atoms with Gasteiger partial charge in [0.25, 0.3) is 0 Å². The largest absolute Gasteiger partial charge is 0.366 e. The predicted octanol–water partition coefficient (Wildman–Crippen LogP) is 1.24. The zero-order chi connectivity index (χ0) is 17.7. The van der Waals surface area contributed by atoms with Crippen molar-refractivity contribution in [2.24, 2.45) is 0 Å². The van der Waals surface area contributed by atoms with Gasteiger partial charge in [-0.2, -0.15) is 5.10 Å². The SMILES string of the molecule is CNS(=O)(=O)c1ccc(NCc2cccc(Cn3cncn3)c2)nc1. The molecule has 3 aromatic rings. The number of nitrogens with zero attached hydrogens (tertiary/aromatic N) is 4.